The molecule has 0 spiro atoms. The number of nitro groups is 1. The molecule has 40 heavy (non-hydrogen) atoms. The van der Waals surface area contributed by atoms with E-state index in [1.54, 1.807) is 12.1 Å². The summed E-state index contributed by atoms with van der Waals surface area (Å²) >= 11 is 0. The number of aromatic nitrogens is 1. The van der Waals surface area contributed by atoms with Gasteiger partial charge in [0.25, 0.3) is 5.69 Å². The van der Waals surface area contributed by atoms with Gasteiger partial charge in [0.2, 0.25) is 5.78 Å². The van der Waals surface area contributed by atoms with Crippen LogP contribution < -0.4 is 25.4 Å². The van der Waals surface area contributed by atoms with Crippen molar-refractivity contribution in [3.05, 3.63) is 69.6 Å². The third kappa shape index (κ3) is 4.68. The van der Waals surface area contributed by atoms with Crippen molar-refractivity contribution in [2.45, 2.75) is 0 Å². The Morgan fingerprint density at radius 3 is 2.42 bits per heavy atom. The molecule has 14 heteroatoms. The molecule has 1 saturated heterocycles. The van der Waals surface area contributed by atoms with Gasteiger partial charge in [0.1, 0.15) is 17.1 Å². The molecule has 2 aromatic heterocycles. The molecule has 0 saturated carbocycles. The van der Waals surface area contributed by atoms with E-state index < -0.39 is 45.2 Å². The number of morpholine rings is 1. The molecule has 3 heterocycles. The van der Waals surface area contributed by atoms with Crippen LogP contribution in [0.1, 0.15) is 16.1 Å². The number of nitrogens with two attached hydrogens (primary N) is 1. The van der Waals surface area contributed by atoms with Gasteiger partial charge in [-0.15, -0.1) is 0 Å². The number of hydrogen-bond acceptors (Lipinski definition) is 11. The molecular weight excluding hydrogens is 532 g/mol. The van der Waals surface area contributed by atoms with Crippen molar-refractivity contribution >= 4 is 45.3 Å². The van der Waals surface area contributed by atoms with Crippen molar-refractivity contribution in [3.8, 4) is 11.5 Å². The summed E-state index contributed by atoms with van der Waals surface area (Å²) in [6.45, 7) is 2.27. The SMILES string of the molecule is COc1cc(OC)c(F)c(C(=O)c2oc3cnc(Nc4ccc(N5CCOCC5)cc4[N+](=O)[O-])cc3c2N)c1F. The third-order valence-corrected chi connectivity index (χ3v) is 6.44. The van der Waals surface area contributed by atoms with Crippen LogP contribution in [0.3, 0.4) is 0 Å². The van der Waals surface area contributed by atoms with Crippen LogP contribution in [0.5, 0.6) is 11.5 Å². The molecule has 0 radical (unpaired) electrons. The van der Waals surface area contributed by atoms with Crippen LogP contribution in [0.25, 0.3) is 11.0 Å². The topological polar surface area (TPSA) is 155 Å². The van der Waals surface area contributed by atoms with E-state index in [2.05, 4.69) is 10.3 Å². The number of nitrogens with zero attached hydrogens (tertiary/aromatic N) is 3. The number of methoxy groups -OCH3 is 2. The molecule has 4 aromatic rings. The molecule has 0 unspecified atom stereocenters. The van der Waals surface area contributed by atoms with E-state index in [-0.39, 0.29) is 33.8 Å². The average molecular weight is 555 g/mol. The van der Waals surface area contributed by atoms with E-state index in [4.69, 9.17) is 24.4 Å². The third-order valence-electron chi connectivity index (χ3n) is 6.44. The number of ketones is 1. The molecule has 12 nitrogen and oxygen atoms in total. The Bertz CT molecular complexity index is 1610. The molecule has 0 bridgehead atoms. The number of nitro benzene ring substituents is 1. The lowest BCUT2D eigenvalue weighted by Crippen LogP contribution is -2.36. The molecule has 208 valence electrons. The lowest BCUT2D eigenvalue weighted by atomic mass is 10.0. The first-order valence-corrected chi connectivity index (χ1v) is 11.9. The number of benzene rings is 2. The first-order chi connectivity index (χ1) is 19.2. The lowest BCUT2D eigenvalue weighted by molar-refractivity contribution is -0.383. The highest BCUT2D eigenvalue weighted by molar-refractivity contribution is 6.15. The van der Waals surface area contributed by atoms with Crippen LogP contribution in [0.4, 0.5) is 37.3 Å². The summed E-state index contributed by atoms with van der Waals surface area (Å²) in [5.74, 6) is -4.87. The Morgan fingerprint density at radius 1 is 1.12 bits per heavy atom. The van der Waals surface area contributed by atoms with Crippen LogP contribution in [0.15, 0.2) is 40.9 Å². The largest absolute Gasteiger partial charge is 0.494 e. The Morgan fingerprint density at radius 2 is 1.80 bits per heavy atom. The quantitative estimate of drug-likeness (QED) is 0.180. The fourth-order valence-electron chi connectivity index (χ4n) is 4.39. The number of halogens is 2. The second-order valence-electron chi connectivity index (χ2n) is 8.71. The molecule has 1 aliphatic rings. The Hall–Kier alpha value is -4.98. The fraction of sp³-hybridized carbons (Fsp3) is 0.231. The normalized spacial score (nSPS) is 13.3. The number of furan rings is 1. The Balaban J connectivity index is 1.49. The highest BCUT2D eigenvalue weighted by atomic mass is 19.1. The highest BCUT2D eigenvalue weighted by Gasteiger charge is 2.31. The minimum atomic E-state index is -1.25. The zero-order valence-electron chi connectivity index (χ0n) is 21.3. The standard InChI is InChI=1S/C26H23F2N5O7/c1-37-17-11-18(38-2)23(28)21(22(17)27)25(34)26-24(29)14-10-20(30-12-19(14)40-26)31-15-4-3-13(9-16(15)33(35)36)32-5-7-39-8-6-32/h3-4,9-12H,5-8,29H2,1-2H3,(H,30,31). The maximum atomic E-state index is 14.9. The highest BCUT2D eigenvalue weighted by Crippen LogP contribution is 2.37. The van der Waals surface area contributed by atoms with E-state index in [1.807, 2.05) is 4.90 Å². The molecule has 5 rings (SSSR count). The Kier molecular flexibility index (Phi) is 7.09. The first-order valence-electron chi connectivity index (χ1n) is 11.9. The van der Waals surface area contributed by atoms with Crippen molar-refractivity contribution in [2.75, 3.05) is 56.5 Å². The predicted octanol–water partition coefficient (Wildman–Crippen LogP) is 4.42. The summed E-state index contributed by atoms with van der Waals surface area (Å²) in [5.41, 5.74) is 5.71. The van der Waals surface area contributed by atoms with Crippen molar-refractivity contribution in [2.24, 2.45) is 0 Å². The Labute approximate surface area is 225 Å². The van der Waals surface area contributed by atoms with Gasteiger partial charge in [-0.1, -0.05) is 0 Å². The van der Waals surface area contributed by atoms with Gasteiger partial charge in [-0.3, -0.25) is 14.9 Å². The molecule has 1 fully saturated rings. The van der Waals surface area contributed by atoms with Crippen LogP contribution in [-0.4, -0.2) is 56.2 Å². The summed E-state index contributed by atoms with van der Waals surface area (Å²) in [7, 11) is 2.31. The van der Waals surface area contributed by atoms with Crippen LogP contribution in [0.2, 0.25) is 0 Å². The smallest absolute Gasteiger partial charge is 0.294 e. The zero-order valence-corrected chi connectivity index (χ0v) is 21.3. The number of nitrogens with one attached hydrogen (secondary N) is 1. The van der Waals surface area contributed by atoms with Gasteiger partial charge in [0, 0.05) is 36.3 Å². The lowest BCUT2D eigenvalue weighted by Gasteiger charge is -2.28. The van der Waals surface area contributed by atoms with E-state index in [1.165, 1.54) is 18.3 Å². The van der Waals surface area contributed by atoms with Crippen molar-refractivity contribution < 1.29 is 37.1 Å². The number of rotatable bonds is 8. The first kappa shape index (κ1) is 26.6. The van der Waals surface area contributed by atoms with Gasteiger partial charge in [0.05, 0.1) is 44.2 Å². The summed E-state index contributed by atoms with van der Waals surface area (Å²) in [4.78, 5) is 30.7. The number of carbonyl (C=O) groups is 1. The zero-order chi connectivity index (χ0) is 28.6. The van der Waals surface area contributed by atoms with Gasteiger partial charge in [-0.05, 0) is 18.2 Å². The van der Waals surface area contributed by atoms with Crippen molar-refractivity contribution in [1.82, 2.24) is 4.98 Å². The van der Waals surface area contributed by atoms with Crippen LogP contribution >= 0.6 is 0 Å². The summed E-state index contributed by atoms with van der Waals surface area (Å²) in [6.07, 6.45) is 1.23. The molecule has 0 atom stereocenters. The predicted molar refractivity (Wildman–Crippen MR) is 141 cm³/mol. The van der Waals surface area contributed by atoms with Crippen molar-refractivity contribution in [3.63, 3.8) is 0 Å². The molecule has 0 aliphatic carbocycles. The number of anilines is 4. The number of ether oxygens (including phenoxy) is 3. The number of nitrogen functional groups attached to an aromatic ring is 1. The van der Waals surface area contributed by atoms with Gasteiger partial charge in [0.15, 0.2) is 34.5 Å². The monoisotopic (exact) mass is 555 g/mol. The molecular formula is C26H23F2N5O7. The van der Waals surface area contributed by atoms with E-state index in [9.17, 15) is 23.7 Å². The minimum Gasteiger partial charge on any atom is -0.494 e. The molecule has 1 aliphatic heterocycles. The fourth-order valence-corrected chi connectivity index (χ4v) is 4.39. The maximum Gasteiger partial charge on any atom is 0.294 e. The van der Waals surface area contributed by atoms with Gasteiger partial charge >= 0.3 is 0 Å². The number of hydrogen-bond donors (Lipinski definition) is 2. The van der Waals surface area contributed by atoms with E-state index in [0.717, 1.165) is 20.3 Å². The number of pyridine rings is 1. The summed E-state index contributed by atoms with van der Waals surface area (Å²) in [5, 5.41) is 14.9. The van der Waals surface area contributed by atoms with Gasteiger partial charge in [-0.2, -0.15) is 0 Å². The van der Waals surface area contributed by atoms with E-state index >= 15 is 0 Å². The number of fused-ring (bicyclic) bond motifs is 1. The second-order valence-corrected chi connectivity index (χ2v) is 8.71. The van der Waals surface area contributed by atoms with Gasteiger partial charge in [-0.25, -0.2) is 13.8 Å². The molecule has 0 amide bonds. The summed E-state index contributed by atoms with van der Waals surface area (Å²) < 4.78 is 50.5. The number of carbonyl (C=O) groups excluding carboxylic acids is 1. The molecule has 2 aromatic carbocycles. The maximum absolute atomic E-state index is 14.9. The molecule has 3 N–H and O–H groups in total. The average Bonchev–Trinajstić information content (AvgIpc) is 3.29. The summed E-state index contributed by atoms with van der Waals surface area (Å²) in [6, 6.07) is 7.14. The van der Waals surface area contributed by atoms with Crippen LogP contribution in [0, 0.1) is 21.7 Å². The second kappa shape index (κ2) is 10.6. The minimum absolute atomic E-state index is 0.0549. The van der Waals surface area contributed by atoms with Crippen LogP contribution in [-0.2, 0) is 4.74 Å². The van der Waals surface area contributed by atoms with Crippen molar-refractivity contribution in [1.29, 1.82) is 0 Å². The van der Waals surface area contributed by atoms with Gasteiger partial charge < -0.3 is 34.6 Å². The van der Waals surface area contributed by atoms with E-state index in [0.29, 0.717) is 32.0 Å².